The maximum absolute atomic E-state index is 10.7. The first kappa shape index (κ1) is 18.1. The molecule has 0 bridgehead atoms. The number of likely N-dealkylation sites (tertiary alicyclic amines) is 1. The molecule has 1 heterocycles. The molecule has 23 heavy (non-hydrogen) atoms. The molecule has 1 aliphatic rings. The summed E-state index contributed by atoms with van der Waals surface area (Å²) in [7, 11) is 3.86. The van der Waals surface area contributed by atoms with Crippen LogP contribution in [0.2, 0.25) is 0 Å². The van der Waals surface area contributed by atoms with Gasteiger partial charge in [0.05, 0.1) is 7.11 Å². The van der Waals surface area contributed by atoms with Gasteiger partial charge in [-0.3, -0.25) is 0 Å². The molecule has 130 valence electrons. The lowest BCUT2D eigenvalue weighted by molar-refractivity contribution is 0.168. The predicted octanol–water partition coefficient (Wildman–Crippen LogP) is 3.27. The third-order valence-electron chi connectivity index (χ3n) is 5.00. The number of phenols is 1. The van der Waals surface area contributed by atoms with Crippen molar-refractivity contribution in [2.24, 2.45) is 0 Å². The van der Waals surface area contributed by atoms with Crippen LogP contribution < -0.4 is 10.1 Å². The van der Waals surface area contributed by atoms with Crippen LogP contribution in [0.25, 0.3) is 0 Å². The zero-order valence-electron chi connectivity index (χ0n) is 15.4. The fourth-order valence-electron chi connectivity index (χ4n) is 3.22. The largest absolute Gasteiger partial charge is 0.507 e. The van der Waals surface area contributed by atoms with E-state index in [1.807, 2.05) is 12.1 Å². The van der Waals surface area contributed by atoms with Crippen LogP contribution in [-0.4, -0.2) is 42.8 Å². The van der Waals surface area contributed by atoms with Crippen LogP contribution in [-0.2, 0) is 12.0 Å². The lowest BCUT2D eigenvalue weighted by atomic mass is 9.85. The molecular formula is C19H32N2O2. The van der Waals surface area contributed by atoms with E-state index >= 15 is 0 Å². The molecule has 0 saturated carbocycles. The summed E-state index contributed by atoms with van der Waals surface area (Å²) in [5, 5.41) is 14.3. The molecule has 0 aromatic heterocycles. The van der Waals surface area contributed by atoms with Crippen molar-refractivity contribution in [1.82, 2.24) is 10.2 Å². The Kier molecular flexibility index (Phi) is 5.58. The van der Waals surface area contributed by atoms with Crippen LogP contribution in [0.1, 0.15) is 51.7 Å². The summed E-state index contributed by atoms with van der Waals surface area (Å²) in [6, 6.07) is 4.99. The van der Waals surface area contributed by atoms with Gasteiger partial charge in [0.15, 0.2) is 0 Å². The zero-order chi connectivity index (χ0) is 17.2. The molecule has 2 rings (SSSR count). The molecule has 4 heteroatoms. The van der Waals surface area contributed by atoms with Crippen molar-refractivity contribution in [3.63, 3.8) is 0 Å². The molecule has 4 nitrogen and oxygen atoms in total. The lowest BCUT2D eigenvalue weighted by Crippen LogP contribution is -2.45. The molecule has 1 saturated heterocycles. The minimum Gasteiger partial charge on any atom is -0.507 e. The number of rotatable bonds is 4. The van der Waals surface area contributed by atoms with Crippen LogP contribution in [0, 0.1) is 0 Å². The van der Waals surface area contributed by atoms with E-state index in [-0.39, 0.29) is 5.41 Å². The third kappa shape index (κ3) is 4.39. The second-order valence-corrected chi connectivity index (χ2v) is 7.86. The fraction of sp³-hybridized carbons (Fsp3) is 0.684. The average Bonchev–Trinajstić information content (AvgIpc) is 2.48. The van der Waals surface area contributed by atoms with E-state index < -0.39 is 0 Å². The normalized spacial score (nSPS) is 23.0. The highest BCUT2D eigenvalue weighted by Gasteiger charge is 2.24. The van der Waals surface area contributed by atoms with Gasteiger partial charge in [-0.1, -0.05) is 20.8 Å². The summed E-state index contributed by atoms with van der Waals surface area (Å²) in [5.74, 6) is 1.20. The maximum atomic E-state index is 10.7. The van der Waals surface area contributed by atoms with E-state index in [9.17, 15) is 5.11 Å². The molecule has 1 aliphatic heterocycles. The van der Waals surface area contributed by atoms with Gasteiger partial charge in [0.2, 0.25) is 0 Å². The van der Waals surface area contributed by atoms with E-state index in [1.165, 1.54) is 0 Å². The average molecular weight is 320 g/mol. The van der Waals surface area contributed by atoms with E-state index in [0.29, 0.717) is 24.4 Å². The van der Waals surface area contributed by atoms with Crippen molar-refractivity contribution in [3.8, 4) is 11.5 Å². The first-order valence-corrected chi connectivity index (χ1v) is 8.56. The quantitative estimate of drug-likeness (QED) is 0.894. The Morgan fingerprint density at radius 3 is 2.61 bits per heavy atom. The van der Waals surface area contributed by atoms with Crippen molar-refractivity contribution in [1.29, 1.82) is 0 Å². The number of nitrogens with zero attached hydrogens (tertiary/aromatic N) is 1. The molecule has 0 spiro atoms. The molecule has 2 atom stereocenters. The van der Waals surface area contributed by atoms with Gasteiger partial charge in [0, 0.05) is 29.8 Å². The van der Waals surface area contributed by atoms with Gasteiger partial charge >= 0.3 is 0 Å². The van der Waals surface area contributed by atoms with Crippen LogP contribution in [0.3, 0.4) is 0 Å². The Hall–Kier alpha value is -1.26. The second-order valence-electron chi connectivity index (χ2n) is 7.86. The first-order valence-electron chi connectivity index (χ1n) is 8.56. The van der Waals surface area contributed by atoms with Gasteiger partial charge in [0.1, 0.15) is 11.5 Å². The number of hydrogen-bond donors (Lipinski definition) is 2. The summed E-state index contributed by atoms with van der Waals surface area (Å²) < 4.78 is 5.42. The van der Waals surface area contributed by atoms with E-state index in [1.54, 1.807) is 7.11 Å². The minimum atomic E-state index is -0.116. The number of aromatic hydroxyl groups is 1. The van der Waals surface area contributed by atoms with Crippen LogP contribution in [0.4, 0.5) is 0 Å². The topological polar surface area (TPSA) is 44.7 Å². The maximum Gasteiger partial charge on any atom is 0.124 e. The Bertz CT molecular complexity index is 537. The van der Waals surface area contributed by atoms with Crippen molar-refractivity contribution < 1.29 is 9.84 Å². The minimum absolute atomic E-state index is 0.116. The summed E-state index contributed by atoms with van der Waals surface area (Å²) in [6.07, 6.45) is 2.30. The Labute approximate surface area is 140 Å². The van der Waals surface area contributed by atoms with Crippen molar-refractivity contribution in [3.05, 3.63) is 23.3 Å². The van der Waals surface area contributed by atoms with Crippen molar-refractivity contribution in [2.75, 3.05) is 20.7 Å². The molecule has 2 N–H and O–H groups in total. The second kappa shape index (κ2) is 7.10. The molecule has 0 radical (unpaired) electrons. The molecule has 1 fully saturated rings. The SMILES string of the molecule is COc1cc(CNC2CCN(C)C(C)C2)c(O)c(C(C)(C)C)c1. The number of methoxy groups -OCH3 is 1. The van der Waals surface area contributed by atoms with E-state index in [4.69, 9.17) is 4.74 Å². The summed E-state index contributed by atoms with van der Waals surface area (Å²) in [4.78, 5) is 2.40. The summed E-state index contributed by atoms with van der Waals surface area (Å²) >= 11 is 0. The van der Waals surface area contributed by atoms with Crippen LogP contribution in [0.5, 0.6) is 11.5 Å². The lowest BCUT2D eigenvalue weighted by Gasteiger charge is -2.35. The summed E-state index contributed by atoms with van der Waals surface area (Å²) in [5.41, 5.74) is 1.74. The smallest absolute Gasteiger partial charge is 0.124 e. The first-order chi connectivity index (χ1) is 10.7. The Morgan fingerprint density at radius 1 is 1.35 bits per heavy atom. The molecule has 1 aromatic rings. The van der Waals surface area contributed by atoms with Crippen molar-refractivity contribution in [2.45, 2.75) is 64.6 Å². The van der Waals surface area contributed by atoms with Gasteiger partial charge in [-0.25, -0.2) is 0 Å². The van der Waals surface area contributed by atoms with Gasteiger partial charge < -0.3 is 20.1 Å². The van der Waals surface area contributed by atoms with Gasteiger partial charge in [-0.05, 0) is 50.9 Å². The highest BCUT2D eigenvalue weighted by Crippen LogP contribution is 2.36. The van der Waals surface area contributed by atoms with Gasteiger partial charge in [-0.15, -0.1) is 0 Å². The number of piperidine rings is 1. The molecule has 2 unspecified atom stereocenters. The van der Waals surface area contributed by atoms with Crippen molar-refractivity contribution >= 4 is 0 Å². The molecule has 0 aliphatic carbocycles. The molecule has 0 amide bonds. The standard InChI is InChI=1S/C19H32N2O2/c1-13-9-15(7-8-21(13)5)20-12-14-10-16(23-6)11-17(18(14)22)19(2,3)4/h10-11,13,15,20,22H,7-9,12H2,1-6H3. The third-order valence-corrected chi connectivity index (χ3v) is 5.00. The summed E-state index contributed by atoms with van der Waals surface area (Å²) in [6.45, 7) is 10.4. The predicted molar refractivity (Wildman–Crippen MR) is 95.3 cm³/mol. The number of ether oxygens (including phenoxy) is 1. The number of benzene rings is 1. The van der Waals surface area contributed by atoms with Gasteiger partial charge in [-0.2, -0.15) is 0 Å². The Morgan fingerprint density at radius 2 is 2.04 bits per heavy atom. The highest BCUT2D eigenvalue weighted by molar-refractivity contribution is 5.49. The Balaban J connectivity index is 2.13. The van der Waals surface area contributed by atoms with Gasteiger partial charge in [0.25, 0.3) is 0 Å². The zero-order valence-corrected chi connectivity index (χ0v) is 15.4. The number of phenolic OH excluding ortho intramolecular Hbond substituents is 1. The molecule has 1 aromatic carbocycles. The fourth-order valence-corrected chi connectivity index (χ4v) is 3.22. The molecular weight excluding hydrogens is 288 g/mol. The van der Waals surface area contributed by atoms with Crippen LogP contribution >= 0.6 is 0 Å². The van der Waals surface area contributed by atoms with E-state index in [0.717, 1.165) is 36.3 Å². The number of hydrogen-bond acceptors (Lipinski definition) is 4. The monoisotopic (exact) mass is 320 g/mol. The van der Waals surface area contributed by atoms with Crippen LogP contribution in [0.15, 0.2) is 12.1 Å². The van der Waals surface area contributed by atoms with E-state index in [2.05, 4.69) is 45.0 Å². The number of nitrogens with one attached hydrogen (secondary N) is 1. The highest BCUT2D eigenvalue weighted by atomic mass is 16.5.